The van der Waals surface area contributed by atoms with Crippen molar-refractivity contribution in [2.75, 3.05) is 13.7 Å². The summed E-state index contributed by atoms with van der Waals surface area (Å²) in [4.78, 5) is 26.4. The average molecular weight is 305 g/mol. The van der Waals surface area contributed by atoms with Gasteiger partial charge in [0.1, 0.15) is 5.75 Å². The van der Waals surface area contributed by atoms with Crippen LogP contribution < -0.4 is 4.74 Å². The van der Waals surface area contributed by atoms with Crippen LogP contribution in [0.3, 0.4) is 0 Å². The zero-order valence-corrected chi connectivity index (χ0v) is 12.2. The molecule has 1 heterocycles. The number of carbonyl (C=O) groups is 1. The Hall–Kier alpha value is -2.90. The fourth-order valence-electron chi connectivity index (χ4n) is 2.00. The van der Waals surface area contributed by atoms with Crippen LogP contribution in [0.1, 0.15) is 23.1 Å². The first-order valence-electron chi connectivity index (χ1n) is 6.56. The van der Waals surface area contributed by atoms with E-state index in [0.717, 1.165) is 0 Å². The fourth-order valence-corrected chi connectivity index (χ4v) is 2.00. The predicted octanol–water partition coefficient (Wildman–Crippen LogP) is 2.02. The van der Waals surface area contributed by atoms with Crippen LogP contribution in [0.25, 0.3) is 0 Å². The van der Waals surface area contributed by atoms with Gasteiger partial charge in [0.25, 0.3) is 5.69 Å². The topological polar surface area (TPSA) is 96.5 Å². The second kappa shape index (κ2) is 6.70. The normalized spacial score (nSPS) is 10.3. The van der Waals surface area contributed by atoms with Gasteiger partial charge in [-0.05, 0) is 19.1 Å². The molecule has 0 N–H and O–H groups in total. The monoisotopic (exact) mass is 305 g/mol. The molecular formula is C14H15N3O5. The number of esters is 1. The Morgan fingerprint density at radius 3 is 2.86 bits per heavy atom. The second-order valence-electron chi connectivity index (χ2n) is 4.35. The summed E-state index contributed by atoms with van der Waals surface area (Å²) >= 11 is 0. The summed E-state index contributed by atoms with van der Waals surface area (Å²) in [5.74, 6) is 0.0235. The minimum atomic E-state index is -0.571. The highest BCUT2D eigenvalue weighted by Gasteiger charge is 2.19. The third-order valence-electron chi connectivity index (χ3n) is 3.00. The number of ether oxygens (including phenoxy) is 2. The number of benzene rings is 1. The van der Waals surface area contributed by atoms with Crippen LogP contribution in [0, 0.1) is 10.1 Å². The molecule has 2 aromatic rings. The Balaban J connectivity index is 2.37. The van der Waals surface area contributed by atoms with E-state index >= 15 is 0 Å². The third kappa shape index (κ3) is 3.22. The maximum Gasteiger partial charge on any atom is 0.374 e. The Labute approximate surface area is 126 Å². The fraction of sp³-hybridized carbons (Fsp3) is 0.286. The van der Waals surface area contributed by atoms with Crippen LogP contribution in [0.15, 0.2) is 30.6 Å². The molecule has 1 aromatic heterocycles. The highest BCUT2D eigenvalue weighted by Crippen LogP contribution is 2.25. The van der Waals surface area contributed by atoms with Gasteiger partial charge in [0, 0.05) is 18.5 Å². The van der Waals surface area contributed by atoms with Crippen LogP contribution in [-0.4, -0.2) is 34.2 Å². The van der Waals surface area contributed by atoms with Crippen LogP contribution in [0.2, 0.25) is 0 Å². The van der Waals surface area contributed by atoms with E-state index in [1.54, 1.807) is 19.2 Å². The van der Waals surface area contributed by atoms with Gasteiger partial charge in [-0.1, -0.05) is 0 Å². The van der Waals surface area contributed by atoms with E-state index in [1.165, 1.54) is 30.0 Å². The van der Waals surface area contributed by atoms with E-state index in [-0.39, 0.29) is 24.7 Å². The van der Waals surface area contributed by atoms with Crippen molar-refractivity contribution in [2.45, 2.75) is 13.5 Å². The molecule has 2 rings (SSSR count). The summed E-state index contributed by atoms with van der Waals surface area (Å²) in [6.45, 7) is 2.03. The van der Waals surface area contributed by atoms with Crippen molar-refractivity contribution < 1.29 is 19.2 Å². The first-order valence-corrected chi connectivity index (χ1v) is 6.56. The number of hydrogen-bond donors (Lipinski definition) is 0. The lowest BCUT2D eigenvalue weighted by atomic mass is 10.1. The Bertz CT molecular complexity index is 696. The summed E-state index contributed by atoms with van der Waals surface area (Å²) in [7, 11) is 1.48. The Morgan fingerprint density at radius 1 is 1.45 bits per heavy atom. The first-order chi connectivity index (χ1) is 10.6. The molecule has 1 aromatic carbocycles. The molecule has 0 atom stereocenters. The van der Waals surface area contributed by atoms with Gasteiger partial charge in [-0.15, -0.1) is 0 Å². The lowest BCUT2D eigenvalue weighted by Gasteiger charge is -2.09. The van der Waals surface area contributed by atoms with Gasteiger partial charge in [-0.3, -0.25) is 10.1 Å². The van der Waals surface area contributed by atoms with E-state index in [2.05, 4.69) is 4.98 Å². The second-order valence-corrected chi connectivity index (χ2v) is 4.35. The number of nitro groups is 1. The minimum absolute atomic E-state index is 0.0516. The molecule has 0 spiro atoms. The van der Waals surface area contributed by atoms with Crippen molar-refractivity contribution in [2.24, 2.45) is 0 Å². The van der Waals surface area contributed by atoms with E-state index < -0.39 is 10.9 Å². The highest BCUT2D eigenvalue weighted by molar-refractivity contribution is 5.85. The molecule has 0 bridgehead atoms. The maximum absolute atomic E-state index is 11.8. The molecule has 0 saturated heterocycles. The SMILES string of the molecule is CCOC(=O)c1nccn1Cc1cc(OC)ccc1[N+](=O)[O-]. The maximum atomic E-state index is 11.8. The smallest absolute Gasteiger partial charge is 0.374 e. The van der Waals surface area contributed by atoms with Crippen molar-refractivity contribution in [3.63, 3.8) is 0 Å². The summed E-state index contributed by atoms with van der Waals surface area (Å²) < 4.78 is 11.5. The molecule has 22 heavy (non-hydrogen) atoms. The number of aromatic nitrogens is 2. The summed E-state index contributed by atoms with van der Waals surface area (Å²) in [6, 6.07) is 4.45. The number of rotatable bonds is 6. The van der Waals surface area contributed by atoms with Crippen molar-refractivity contribution in [1.29, 1.82) is 0 Å². The Kier molecular flexibility index (Phi) is 4.72. The number of imidazole rings is 1. The Morgan fingerprint density at radius 2 is 2.23 bits per heavy atom. The zero-order valence-electron chi connectivity index (χ0n) is 12.2. The number of methoxy groups -OCH3 is 1. The molecule has 0 unspecified atom stereocenters. The van der Waals surface area contributed by atoms with E-state index in [9.17, 15) is 14.9 Å². The highest BCUT2D eigenvalue weighted by atomic mass is 16.6. The van der Waals surface area contributed by atoms with Crippen molar-refractivity contribution in [3.8, 4) is 5.75 Å². The molecule has 0 radical (unpaired) electrons. The summed E-state index contributed by atoms with van der Waals surface area (Å²) in [5, 5.41) is 11.1. The molecule has 0 amide bonds. The quantitative estimate of drug-likeness (QED) is 0.460. The number of nitrogens with zero attached hydrogens (tertiary/aromatic N) is 3. The van der Waals surface area contributed by atoms with E-state index in [4.69, 9.17) is 9.47 Å². The molecule has 116 valence electrons. The molecule has 8 heteroatoms. The molecule has 0 saturated carbocycles. The molecule has 0 aliphatic rings. The van der Waals surface area contributed by atoms with Gasteiger partial charge in [0.15, 0.2) is 0 Å². The van der Waals surface area contributed by atoms with Gasteiger partial charge < -0.3 is 14.0 Å². The molecule has 0 aliphatic heterocycles. The first kappa shape index (κ1) is 15.5. The molecule has 0 fully saturated rings. The van der Waals surface area contributed by atoms with Crippen molar-refractivity contribution >= 4 is 11.7 Å². The summed E-state index contributed by atoms with van der Waals surface area (Å²) in [5.41, 5.74) is 0.359. The summed E-state index contributed by atoms with van der Waals surface area (Å²) in [6.07, 6.45) is 3.01. The van der Waals surface area contributed by atoms with Gasteiger partial charge in [-0.25, -0.2) is 9.78 Å². The lowest BCUT2D eigenvalue weighted by molar-refractivity contribution is -0.385. The van der Waals surface area contributed by atoms with Crippen molar-refractivity contribution in [1.82, 2.24) is 9.55 Å². The van der Waals surface area contributed by atoms with Crippen molar-refractivity contribution in [3.05, 3.63) is 52.1 Å². The van der Waals surface area contributed by atoms with Crippen LogP contribution in [0.5, 0.6) is 5.75 Å². The average Bonchev–Trinajstić information content (AvgIpc) is 2.95. The van der Waals surface area contributed by atoms with Gasteiger partial charge >= 0.3 is 5.97 Å². The number of nitro benzene ring substituents is 1. The lowest BCUT2D eigenvalue weighted by Crippen LogP contribution is -2.14. The largest absolute Gasteiger partial charge is 0.497 e. The van der Waals surface area contributed by atoms with Crippen LogP contribution >= 0.6 is 0 Å². The zero-order chi connectivity index (χ0) is 16.1. The molecule has 0 aliphatic carbocycles. The van der Waals surface area contributed by atoms with Crippen LogP contribution in [0.4, 0.5) is 5.69 Å². The minimum Gasteiger partial charge on any atom is -0.497 e. The molecular weight excluding hydrogens is 290 g/mol. The third-order valence-corrected chi connectivity index (χ3v) is 3.00. The number of hydrogen-bond acceptors (Lipinski definition) is 6. The van der Waals surface area contributed by atoms with E-state index in [0.29, 0.717) is 11.3 Å². The van der Waals surface area contributed by atoms with Gasteiger partial charge in [-0.2, -0.15) is 0 Å². The van der Waals surface area contributed by atoms with E-state index in [1.807, 2.05) is 0 Å². The van der Waals surface area contributed by atoms with Crippen LogP contribution in [-0.2, 0) is 11.3 Å². The number of carbonyl (C=O) groups excluding carboxylic acids is 1. The predicted molar refractivity (Wildman–Crippen MR) is 76.9 cm³/mol. The van der Waals surface area contributed by atoms with Gasteiger partial charge in [0.2, 0.25) is 5.82 Å². The van der Waals surface area contributed by atoms with Gasteiger partial charge in [0.05, 0.1) is 30.7 Å². The molecule has 8 nitrogen and oxygen atoms in total. The standard InChI is InChI=1S/C14H15N3O5/c1-3-22-14(18)13-15-6-7-16(13)9-10-8-11(21-2)4-5-12(10)17(19)20/h4-8H,3,9H2,1-2H3.